The molecule has 0 saturated heterocycles. The van der Waals surface area contributed by atoms with E-state index in [0.717, 1.165) is 17.2 Å². The van der Waals surface area contributed by atoms with E-state index >= 15 is 0 Å². The minimum atomic E-state index is -4.39. The Balaban J connectivity index is 2.19. The summed E-state index contributed by atoms with van der Waals surface area (Å²) in [6.07, 6.45) is -2.91. The van der Waals surface area contributed by atoms with Crippen molar-refractivity contribution in [2.45, 2.75) is 6.18 Å². The Morgan fingerprint density at radius 2 is 1.55 bits per heavy atom. The van der Waals surface area contributed by atoms with Gasteiger partial charge in [-0.3, -0.25) is 4.98 Å². The molecule has 0 aliphatic heterocycles. The zero-order valence-corrected chi connectivity index (χ0v) is 10.4. The molecule has 4 heteroatoms. The van der Waals surface area contributed by atoms with Gasteiger partial charge in [-0.2, -0.15) is 13.2 Å². The first-order chi connectivity index (χ1) is 9.55. The van der Waals surface area contributed by atoms with Gasteiger partial charge in [-0.25, -0.2) is 0 Å². The first kappa shape index (κ1) is 12.7. The van der Waals surface area contributed by atoms with Crippen molar-refractivity contribution in [1.82, 2.24) is 4.98 Å². The van der Waals surface area contributed by atoms with Crippen LogP contribution in [0.15, 0.2) is 60.8 Å². The molecule has 0 radical (unpaired) electrons. The maximum atomic E-state index is 12.9. The second-order valence-corrected chi connectivity index (χ2v) is 4.47. The maximum Gasteiger partial charge on any atom is 0.418 e. The molecule has 0 atom stereocenters. The third kappa shape index (κ3) is 2.25. The zero-order chi connectivity index (χ0) is 14.2. The molecule has 0 aliphatic carbocycles. The van der Waals surface area contributed by atoms with Crippen LogP contribution < -0.4 is 0 Å². The van der Waals surface area contributed by atoms with Crippen LogP contribution in [0.1, 0.15) is 5.56 Å². The summed E-state index contributed by atoms with van der Waals surface area (Å²) in [4.78, 5) is 4.00. The molecule has 0 saturated carbocycles. The summed E-state index contributed by atoms with van der Waals surface area (Å²) >= 11 is 0. The van der Waals surface area contributed by atoms with Crippen molar-refractivity contribution in [3.63, 3.8) is 0 Å². The molecule has 1 aromatic heterocycles. The molecular weight excluding hydrogens is 263 g/mol. The Morgan fingerprint density at radius 3 is 2.25 bits per heavy atom. The summed E-state index contributed by atoms with van der Waals surface area (Å²) in [5.74, 6) is 0. The summed E-state index contributed by atoms with van der Waals surface area (Å²) in [6, 6.07) is 15.3. The quantitative estimate of drug-likeness (QED) is 0.613. The fourth-order valence-electron chi connectivity index (χ4n) is 2.18. The highest BCUT2D eigenvalue weighted by Crippen LogP contribution is 2.34. The van der Waals surface area contributed by atoms with Crippen LogP contribution in [-0.4, -0.2) is 4.98 Å². The molecule has 0 amide bonds. The molecule has 20 heavy (non-hydrogen) atoms. The molecule has 2 aromatic carbocycles. The normalized spacial score (nSPS) is 11.8. The van der Waals surface area contributed by atoms with Gasteiger partial charge in [-0.15, -0.1) is 0 Å². The van der Waals surface area contributed by atoms with Gasteiger partial charge in [0.1, 0.15) is 0 Å². The van der Waals surface area contributed by atoms with Gasteiger partial charge in [-0.05, 0) is 17.7 Å². The number of fused-ring (bicyclic) bond motifs is 1. The zero-order valence-electron chi connectivity index (χ0n) is 10.4. The first-order valence-electron chi connectivity index (χ1n) is 6.07. The predicted octanol–water partition coefficient (Wildman–Crippen LogP) is 4.92. The summed E-state index contributed by atoms with van der Waals surface area (Å²) in [5, 5.41) is 0.487. The van der Waals surface area contributed by atoms with Crippen molar-refractivity contribution in [2.75, 3.05) is 0 Å². The van der Waals surface area contributed by atoms with Gasteiger partial charge in [0.15, 0.2) is 0 Å². The number of nitrogens with zero attached hydrogens (tertiary/aromatic N) is 1. The largest absolute Gasteiger partial charge is 0.418 e. The van der Waals surface area contributed by atoms with Crippen molar-refractivity contribution in [3.05, 3.63) is 66.4 Å². The van der Waals surface area contributed by atoms with Crippen molar-refractivity contribution < 1.29 is 13.2 Å². The lowest BCUT2D eigenvalue weighted by molar-refractivity contribution is -0.136. The Bertz CT molecular complexity index is 749. The predicted molar refractivity (Wildman–Crippen MR) is 72.2 cm³/mol. The second kappa shape index (κ2) is 4.63. The van der Waals surface area contributed by atoms with E-state index in [0.29, 0.717) is 5.39 Å². The molecule has 0 aliphatic rings. The van der Waals surface area contributed by atoms with Crippen molar-refractivity contribution >= 4 is 10.9 Å². The number of hydrogen-bond acceptors (Lipinski definition) is 1. The minimum absolute atomic E-state index is 0.0142. The number of rotatable bonds is 1. The standard InChI is InChI=1S/C16H10F3N/c17-16(18,19)14-8-4-7-12-9-13(10-20-15(12)14)11-5-2-1-3-6-11/h1-10H. The molecule has 1 nitrogen and oxygen atoms in total. The number of halogens is 3. The van der Waals surface area contributed by atoms with E-state index < -0.39 is 11.7 Å². The summed E-state index contributed by atoms with van der Waals surface area (Å²) in [5.41, 5.74) is 1.02. The van der Waals surface area contributed by atoms with Crippen LogP contribution in [0.25, 0.3) is 22.0 Å². The first-order valence-corrected chi connectivity index (χ1v) is 6.07. The van der Waals surface area contributed by atoms with Gasteiger partial charge in [0.05, 0.1) is 11.1 Å². The molecule has 0 N–H and O–H groups in total. The average Bonchev–Trinajstić information content (AvgIpc) is 2.46. The van der Waals surface area contributed by atoms with Gasteiger partial charge < -0.3 is 0 Å². The fraction of sp³-hybridized carbons (Fsp3) is 0.0625. The van der Waals surface area contributed by atoms with E-state index in [1.54, 1.807) is 12.1 Å². The van der Waals surface area contributed by atoms with E-state index in [-0.39, 0.29) is 5.52 Å². The van der Waals surface area contributed by atoms with Gasteiger partial charge in [0, 0.05) is 17.1 Å². The maximum absolute atomic E-state index is 12.9. The number of benzene rings is 2. The third-order valence-electron chi connectivity index (χ3n) is 3.12. The van der Waals surface area contributed by atoms with Crippen molar-refractivity contribution in [2.24, 2.45) is 0 Å². The number of hydrogen-bond donors (Lipinski definition) is 0. The molecule has 1 heterocycles. The monoisotopic (exact) mass is 273 g/mol. The van der Waals surface area contributed by atoms with Gasteiger partial charge >= 0.3 is 6.18 Å². The lowest BCUT2D eigenvalue weighted by Gasteiger charge is -2.10. The minimum Gasteiger partial charge on any atom is -0.255 e. The lowest BCUT2D eigenvalue weighted by atomic mass is 10.0. The lowest BCUT2D eigenvalue weighted by Crippen LogP contribution is -2.06. The number of alkyl halides is 3. The Morgan fingerprint density at radius 1 is 0.800 bits per heavy atom. The SMILES string of the molecule is FC(F)(F)c1cccc2cc(-c3ccccc3)cnc12. The molecule has 0 unspecified atom stereocenters. The van der Waals surface area contributed by atoms with Gasteiger partial charge in [0.2, 0.25) is 0 Å². The second-order valence-electron chi connectivity index (χ2n) is 4.47. The van der Waals surface area contributed by atoms with E-state index in [1.807, 2.05) is 30.3 Å². The van der Waals surface area contributed by atoms with Crippen LogP contribution in [-0.2, 0) is 6.18 Å². The number of para-hydroxylation sites is 1. The summed E-state index contributed by atoms with van der Waals surface area (Å²) < 4.78 is 38.7. The van der Waals surface area contributed by atoms with Crippen molar-refractivity contribution in [1.29, 1.82) is 0 Å². The highest BCUT2D eigenvalue weighted by Gasteiger charge is 2.32. The van der Waals surface area contributed by atoms with Gasteiger partial charge in [0.25, 0.3) is 0 Å². The smallest absolute Gasteiger partial charge is 0.255 e. The Labute approximate surface area is 113 Å². The molecule has 100 valence electrons. The van der Waals surface area contributed by atoms with Gasteiger partial charge in [-0.1, -0.05) is 42.5 Å². The number of pyridine rings is 1. The molecule has 3 rings (SSSR count). The highest BCUT2D eigenvalue weighted by molar-refractivity contribution is 5.86. The van der Waals surface area contributed by atoms with E-state index in [4.69, 9.17) is 0 Å². The molecule has 0 spiro atoms. The topological polar surface area (TPSA) is 12.9 Å². The fourth-order valence-corrected chi connectivity index (χ4v) is 2.18. The van der Waals surface area contributed by atoms with Crippen molar-refractivity contribution in [3.8, 4) is 11.1 Å². The van der Waals surface area contributed by atoms with Crippen LogP contribution in [0, 0.1) is 0 Å². The number of aromatic nitrogens is 1. The van der Waals surface area contributed by atoms with Crippen LogP contribution in [0.4, 0.5) is 13.2 Å². The molecule has 0 bridgehead atoms. The van der Waals surface area contributed by atoms with E-state index in [9.17, 15) is 13.2 Å². The van der Waals surface area contributed by atoms with Crippen LogP contribution >= 0.6 is 0 Å². The molecule has 3 aromatic rings. The summed E-state index contributed by atoms with van der Waals surface area (Å²) in [6.45, 7) is 0. The highest BCUT2D eigenvalue weighted by atomic mass is 19.4. The molecule has 0 fully saturated rings. The van der Waals surface area contributed by atoms with Crippen LogP contribution in [0.2, 0.25) is 0 Å². The van der Waals surface area contributed by atoms with E-state index in [2.05, 4.69) is 4.98 Å². The van der Waals surface area contributed by atoms with E-state index in [1.165, 1.54) is 12.3 Å². The van der Waals surface area contributed by atoms with Crippen LogP contribution in [0.5, 0.6) is 0 Å². The summed E-state index contributed by atoms with van der Waals surface area (Å²) in [7, 11) is 0. The Hall–Kier alpha value is -2.36. The molecular formula is C16H10F3N. The Kier molecular flexibility index (Phi) is 2.93. The third-order valence-corrected chi connectivity index (χ3v) is 3.12. The average molecular weight is 273 g/mol. The van der Waals surface area contributed by atoms with Crippen LogP contribution in [0.3, 0.4) is 0 Å².